The summed E-state index contributed by atoms with van der Waals surface area (Å²) >= 11 is 0. The van der Waals surface area contributed by atoms with Gasteiger partial charge in [-0.05, 0) is 19.4 Å². The molecule has 1 aliphatic heterocycles. The summed E-state index contributed by atoms with van der Waals surface area (Å²) in [6.45, 7) is 4.45. The van der Waals surface area contributed by atoms with E-state index in [9.17, 15) is 15.0 Å². The third kappa shape index (κ3) is 4.09. The molecule has 0 amide bonds. The largest absolute Gasteiger partial charge is 0.456 e. The van der Waals surface area contributed by atoms with Crippen LogP contribution in [-0.4, -0.2) is 52.8 Å². The molecule has 1 aromatic rings. The molecular formula is C17H24O6. The second-order valence-corrected chi connectivity index (χ2v) is 6.03. The minimum absolute atomic E-state index is 0.302. The number of rotatable bonds is 5. The van der Waals surface area contributed by atoms with Gasteiger partial charge in [-0.2, -0.15) is 0 Å². The van der Waals surface area contributed by atoms with E-state index in [1.54, 1.807) is 6.92 Å². The molecule has 1 aliphatic rings. The molecule has 1 saturated heterocycles. The summed E-state index contributed by atoms with van der Waals surface area (Å²) in [6, 6.07) is 9.56. The van der Waals surface area contributed by atoms with Gasteiger partial charge in [0, 0.05) is 6.92 Å². The van der Waals surface area contributed by atoms with Crippen LogP contribution in [0.5, 0.6) is 0 Å². The first-order chi connectivity index (χ1) is 10.9. The van der Waals surface area contributed by atoms with Gasteiger partial charge in [0.15, 0.2) is 6.10 Å². The maximum Gasteiger partial charge on any atom is 0.303 e. The number of esters is 1. The third-order valence-corrected chi connectivity index (χ3v) is 4.11. The van der Waals surface area contributed by atoms with Gasteiger partial charge in [-0.1, -0.05) is 30.3 Å². The number of aliphatic hydroxyl groups excluding tert-OH is 1. The van der Waals surface area contributed by atoms with Crippen LogP contribution in [0.25, 0.3) is 0 Å². The zero-order valence-electron chi connectivity index (χ0n) is 13.6. The molecule has 128 valence electrons. The molecule has 6 heteroatoms. The van der Waals surface area contributed by atoms with Gasteiger partial charge in [-0.15, -0.1) is 0 Å². The lowest BCUT2D eigenvalue weighted by molar-refractivity contribution is -0.281. The lowest BCUT2D eigenvalue weighted by Gasteiger charge is -2.48. The second-order valence-electron chi connectivity index (χ2n) is 6.03. The van der Waals surface area contributed by atoms with Crippen LogP contribution >= 0.6 is 0 Å². The van der Waals surface area contributed by atoms with Crippen molar-refractivity contribution in [2.45, 2.75) is 57.4 Å². The maximum atomic E-state index is 11.4. The van der Waals surface area contributed by atoms with E-state index < -0.39 is 36.0 Å². The van der Waals surface area contributed by atoms with E-state index in [0.29, 0.717) is 6.61 Å². The molecule has 1 aromatic carbocycles. The highest BCUT2D eigenvalue weighted by Crippen LogP contribution is 2.33. The molecule has 0 aliphatic carbocycles. The molecule has 0 aromatic heterocycles. The molecule has 2 unspecified atom stereocenters. The van der Waals surface area contributed by atoms with Crippen LogP contribution in [-0.2, 0) is 25.6 Å². The van der Waals surface area contributed by atoms with E-state index in [4.69, 9.17) is 14.2 Å². The Labute approximate surface area is 136 Å². The van der Waals surface area contributed by atoms with E-state index >= 15 is 0 Å². The Hall–Kier alpha value is -1.47. The third-order valence-electron chi connectivity index (χ3n) is 4.11. The van der Waals surface area contributed by atoms with Gasteiger partial charge in [0.1, 0.15) is 17.8 Å². The highest BCUT2D eigenvalue weighted by atomic mass is 16.6. The highest BCUT2D eigenvalue weighted by Gasteiger charge is 2.54. The molecule has 0 bridgehead atoms. The first kappa shape index (κ1) is 17.9. The Morgan fingerprint density at radius 2 is 2.00 bits per heavy atom. The van der Waals surface area contributed by atoms with Crippen LogP contribution in [0.2, 0.25) is 0 Å². The Morgan fingerprint density at radius 1 is 1.35 bits per heavy atom. The molecule has 0 radical (unpaired) electrons. The van der Waals surface area contributed by atoms with Crippen LogP contribution in [0, 0.1) is 0 Å². The quantitative estimate of drug-likeness (QED) is 0.787. The normalized spacial score (nSPS) is 34.1. The molecule has 1 fully saturated rings. The number of ether oxygens (including phenoxy) is 3. The second kappa shape index (κ2) is 7.40. The van der Waals surface area contributed by atoms with Crippen LogP contribution in [0.3, 0.4) is 0 Å². The molecule has 0 saturated carbocycles. The number of carbonyl (C=O) groups excluding carboxylic acids is 1. The molecule has 6 nitrogen and oxygen atoms in total. The number of hydrogen-bond donors (Lipinski definition) is 2. The van der Waals surface area contributed by atoms with E-state index in [2.05, 4.69) is 0 Å². The van der Waals surface area contributed by atoms with Gasteiger partial charge in [-0.3, -0.25) is 4.79 Å². The van der Waals surface area contributed by atoms with E-state index in [0.717, 1.165) is 5.56 Å². The standard InChI is InChI=1S/C17H24O6/c1-11-15(21-10-13-7-5-4-6-8-13)16(23-12(2)19)17(3,20)14(9-18)22-11/h4-8,11,14-16,18,20H,9-10H2,1-3H3/t11-,14?,15?,16+,17+/m0/s1. The summed E-state index contributed by atoms with van der Waals surface area (Å²) in [5, 5.41) is 20.1. The molecular weight excluding hydrogens is 300 g/mol. The molecule has 1 heterocycles. The van der Waals surface area contributed by atoms with Crippen molar-refractivity contribution in [3.05, 3.63) is 35.9 Å². The summed E-state index contributed by atoms with van der Waals surface area (Å²) in [5.41, 5.74) is -0.584. The summed E-state index contributed by atoms with van der Waals surface area (Å²) in [5.74, 6) is -0.519. The topological polar surface area (TPSA) is 85.2 Å². The Morgan fingerprint density at radius 3 is 2.57 bits per heavy atom. The lowest BCUT2D eigenvalue weighted by atomic mass is 9.84. The molecule has 23 heavy (non-hydrogen) atoms. The van der Waals surface area contributed by atoms with Crippen LogP contribution in [0.15, 0.2) is 30.3 Å². The Kier molecular flexibility index (Phi) is 5.75. The average Bonchev–Trinajstić information content (AvgIpc) is 2.51. The lowest BCUT2D eigenvalue weighted by Crippen LogP contribution is -2.66. The van der Waals surface area contributed by atoms with Crippen molar-refractivity contribution in [1.82, 2.24) is 0 Å². The van der Waals surface area contributed by atoms with Crippen LogP contribution < -0.4 is 0 Å². The van der Waals surface area contributed by atoms with Crippen molar-refractivity contribution >= 4 is 5.97 Å². The van der Waals surface area contributed by atoms with Crippen LogP contribution in [0.1, 0.15) is 26.3 Å². The van der Waals surface area contributed by atoms with Crippen molar-refractivity contribution in [2.75, 3.05) is 6.61 Å². The van der Waals surface area contributed by atoms with Gasteiger partial charge >= 0.3 is 5.97 Å². The van der Waals surface area contributed by atoms with Crippen molar-refractivity contribution in [2.24, 2.45) is 0 Å². The summed E-state index contributed by atoms with van der Waals surface area (Å²) < 4.78 is 16.8. The Bertz CT molecular complexity index is 515. The number of benzene rings is 1. The maximum absolute atomic E-state index is 11.4. The number of carbonyl (C=O) groups is 1. The summed E-state index contributed by atoms with van der Waals surface area (Å²) in [7, 11) is 0. The van der Waals surface area contributed by atoms with Gasteiger partial charge in [-0.25, -0.2) is 0 Å². The predicted molar refractivity (Wildman–Crippen MR) is 82.6 cm³/mol. The monoisotopic (exact) mass is 324 g/mol. The minimum atomic E-state index is -1.55. The van der Waals surface area contributed by atoms with E-state index in [-0.39, 0.29) is 6.61 Å². The summed E-state index contributed by atoms with van der Waals surface area (Å²) in [4.78, 5) is 11.4. The summed E-state index contributed by atoms with van der Waals surface area (Å²) in [6.07, 6.45) is -2.86. The predicted octanol–water partition coefficient (Wildman–Crippen LogP) is 1.03. The number of hydrogen-bond acceptors (Lipinski definition) is 6. The number of aliphatic hydroxyl groups is 2. The minimum Gasteiger partial charge on any atom is -0.456 e. The van der Waals surface area contributed by atoms with Gasteiger partial charge in [0.2, 0.25) is 0 Å². The molecule has 2 rings (SSSR count). The average molecular weight is 324 g/mol. The van der Waals surface area contributed by atoms with Crippen molar-refractivity contribution in [3.63, 3.8) is 0 Å². The zero-order valence-corrected chi connectivity index (χ0v) is 13.6. The zero-order chi connectivity index (χ0) is 17.0. The Balaban J connectivity index is 2.17. The fourth-order valence-corrected chi connectivity index (χ4v) is 2.82. The van der Waals surface area contributed by atoms with Crippen molar-refractivity contribution < 1.29 is 29.2 Å². The first-order valence-electron chi connectivity index (χ1n) is 7.67. The van der Waals surface area contributed by atoms with Crippen LogP contribution in [0.4, 0.5) is 0 Å². The van der Waals surface area contributed by atoms with Gasteiger partial charge in [0.25, 0.3) is 0 Å². The molecule has 0 spiro atoms. The van der Waals surface area contributed by atoms with Gasteiger partial charge < -0.3 is 24.4 Å². The SMILES string of the molecule is CC(=O)O[C@@H]1C(OCc2ccccc2)[C@H](C)OC(CO)[C@@]1(C)O. The fraction of sp³-hybridized carbons (Fsp3) is 0.588. The molecule has 2 N–H and O–H groups in total. The highest BCUT2D eigenvalue weighted by molar-refractivity contribution is 5.66. The van der Waals surface area contributed by atoms with Crippen molar-refractivity contribution in [1.29, 1.82) is 0 Å². The van der Waals surface area contributed by atoms with Crippen molar-refractivity contribution in [3.8, 4) is 0 Å². The smallest absolute Gasteiger partial charge is 0.303 e. The van der Waals surface area contributed by atoms with E-state index in [1.807, 2.05) is 30.3 Å². The first-order valence-corrected chi connectivity index (χ1v) is 7.67. The van der Waals surface area contributed by atoms with Gasteiger partial charge in [0.05, 0.1) is 19.3 Å². The van der Waals surface area contributed by atoms with E-state index in [1.165, 1.54) is 13.8 Å². The molecule has 5 atom stereocenters. The fourth-order valence-electron chi connectivity index (χ4n) is 2.82.